The molecule has 1 unspecified atom stereocenters. The van der Waals surface area contributed by atoms with Crippen LogP contribution in [0.2, 0.25) is 0 Å². The summed E-state index contributed by atoms with van der Waals surface area (Å²) in [5, 5.41) is 9.45. The number of rotatable bonds is 2. The lowest BCUT2D eigenvalue weighted by atomic mass is 10.1. The topological polar surface area (TPSA) is 40.5 Å². The van der Waals surface area contributed by atoms with Gasteiger partial charge in [0.25, 0.3) is 0 Å². The third kappa shape index (κ3) is 2.13. The van der Waals surface area contributed by atoms with E-state index in [1.54, 1.807) is 4.90 Å². The Labute approximate surface area is 103 Å². The number of benzene rings is 1. The summed E-state index contributed by atoms with van der Waals surface area (Å²) in [5.41, 5.74) is 2.07. The van der Waals surface area contributed by atoms with Crippen LogP contribution in [0.5, 0.6) is 0 Å². The van der Waals surface area contributed by atoms with Gasteiger partial charge in [-0.3, -0.25) is 4.79 Å². The minimum Gasteiger partial charge on any atom is -0.391 e. The molecule has 1 amide bonds. The standard InChI is InChI=1S/C12H14BrNO2/c1-2-8-3-4-11(10(13)5-8)14-7-9(15)6-12(14)16/h3-5,9,15H,2,6-7H2,1H3. The van der Waals surface area contributed by atoms with Gasteiger partial charge in [0.05, 0.1) is 24.8 Å². The van der Waals surface area contributed by atoms with Crippen molar-refractivity contribution >= 4 is 27.5 Å². The number of carbonyl (C=O) groups excluding carboxylic acids is 1. The van der Waals surface area contributed by atoms with Crippen LogP contribution in [0, 0.1) is 0 Å². The lowest BCUT2D eigenvalue weighted by molar-refractivity contribution is -0.117. The Morgan fingerprint density at radius 2 is 2.31 bits per heavy atom. The Balaban J connectivity index is 2.30. The summed E-state index contributed by atoms with van der Waals surface area (Å²) >= 11 is 3.47. The van der Waals surface area contributed by atoms with Gasteiger partial charge < -0.3 is 10.0 Å². The summed E-state index contributed by atoms with van der Waals surface area (Å²) in [6.45, 7) is 2.48. The Morgan fingerprint density at radius 1 is 1.56 bits per heavy atom. The van der Waals surface area contributed by atoms with Crippen LogP contribution >= 0.6 is 15.9 Å². The van der Waals surface area contributed by atoms with Gasteiger partial charge in [0.15, 0.2) is 0 Å². The molecule has 0 radical (unpaired) electrons. The van der Waals surface area contributed by atoms with Gasteiger partial charge in [0.1, 0.15) is 0 Å². The smallest absolute Gasteiger partial charge is 0.229 e. The van der Waals surface area contributed by atoms with E-state index < -0.39 is 6.10 Å². The number of aryl methyl sites for hydroxylation is 1. The molecule has 0 saturated carbocycles. The fourth-order valence-corrected chi connectivity index (χ4v) is 2.55. The fraction of sp³-hybridized carbons (Fsp3) is 0.417. The van der Waals surface area contributed by atoms with E-state index >= 15 is 0 Å². The molecule has 86 valence electrons. The van der Waals surface area contributed by atoms with E-state index in [-0.39, 0.29) is 12.3 Å². The third-order valence-electron chi connectivity index (χ3n) is 2.82. The number of nitrogens with zero attached hydrogens (tertiary/aromatic N) is 1. The molecule has 1 N–H and O–H groups in total. The molecule has 16 heavy (non-hydrogen) atoms. The normalized spacial score (nSPS) is 20.6. The predicted molar refractivity (Wildman–Crippen MR) is 66.5 cm³/mol. The van der Waals surface area contributed by atoms with Crippen LogP contribution in [0.15, 0.2) is 22.7 Å². The lowest BCUT2D eigenvalue weighted by Gasteiger charge is -2.18. The Morgan fingerprint density at radius 3 is 2.81 bits per heavy atom. The maximum absolute atomic E-state index is 11.6. The van der Waals surface area contributed by atoms with Crippen molar-refractivity contribution < 1.29 is 9.90 Å². The fourth-order valence-electron chi connectivity index (χ4n) is 1.91. The van der Waals surface area contributed by atoms with E-state index in [9.17, 15) is 9.90 Å². The minimum atomic E-state index is -0.537. The van der Waals surface area contributed by atoms with Crippen molar-refractivity contribution in [3.05, 3.63) is 28.2 Å². The summed E-state index contributed by atoms with van der Waals surface area (Å²) in [7, 11) is 0. The number of aliphatic hydroxyl groups is 1. The van der Waals surface area contributed by atoms with Crippen molar-refractivity contribution in [3.63, 3.8) is 0 Å². The number of carbonyl (C=O) groups is 1. The van der Waals surface area contributed by atoms with Crippen molar-refractivity contribution in [1.29, 1.82) is 0 Å². The van der Waals surface area contributed by atoms with Crippen molar-refractivity contribution in [3.8, 4) is 0 Å². The largest absolute Gasteiger partial charge is 0.391 e. The number of halogens is 1. The number of anilines is 1. The van der Waals surface area contributed by atoms with Gasteiger partial charge >= 0.3 is 0 Å². The monoisotopic (exact) mass is 283 g/mol. The second kappa shape index (κ2) is 4.55. The highest BCUT2D eigenvalue weighted by Gasteiger charge is 2.30. The lowest BCUT2D eigenvalue weighted by Crippen LogP contribution is -2.25. The maximum Gasteiger partial charge on any atom is 0.229 e. The first-order chi connectivity index (χ1) is 7.61. The van der Waals surface area contributed by atoms with Crippen molar-refractivity contribution in [2.45, 2.75) is 25.9 Å². The van der Waals surface area contributed by atoms with E-state index in [1.165, 1.54) is 5.56 Å². The van der Waals surface area contributed by atoms with Crippen LogP contribution in [0.1, 0.15) is 18.9 Å². The molecule has 1 atom stereocenters. The molecule has 1 aliphatic heterocycles. The van der Waals surface area contributed by atoms with Gasteiger partial charge in [-0.15, -0.1) is 0 Å². The molecule has 0 aliphatic carbocycles. The highest BCUT2D eigenvalue weighted by molar-refractivity contribution is 9.10. The predicted octanol–water partition coefficient (Wildman–Crippen LogP) is 2.11. The van der Waals surface area contributed by atoms with Gasteiger partial charge in [-0.05, 0) is 40.0 Å². The van der Waals surface area contributed by atoms with Crippen LogP contribution in [0.25, 0.3) is 0 Å². The molecular formula is C12H14BrNO2. The van der Waals surface area contributed by atoms with E-state index in [4.69, 9.17) is 0 Å². The molecule has 1 aromatic rings. The Kier molecular flexibility index (Phi) is 3.30. The zero-order valence-electron chi connectivity index (χ0n) is 9.11. The average molecular weight is 284 g/mol. The summed E-state index contributed by atoms with van der Waals surface area (Å²) < 4.78 is 0.911. The highest BCUT2D eigenvalue weighted by atomic mass is 79.9. The molecular weight excluding hydrogens is 270 g/mol. The SMILES string of the molecule is CCc1ccc(N2CC(O)CC2=O)c(Br)c1. The van der Waals surface area contributed by atoms with Crippen molar-refractivity contribution in [2.24, 2.45) is 0 Å². The summed E-state index contributed by atoms with van der Waals surface area (Å²) in [4.78, 5) is 13.3. The molecule has 1 heterocycles. The number of hydrogen-bond acceptors (Lipinski definition) is 2. The molecule has 1 aromatic carbocycles. The zero-order chi connectivity index (χ0) is 11.7. The van der Waals surface area contributed by atoms with Crippen LogP contribution in [-0.4, -0.2) is 23.7 Å². The molecule has 3 nitrogen and oxygen atoms in total. The Hall–Kier alpha value is -0.870. The average Bonchev–Trinajstić information content (AvgIpc) is 2.57. The first-order valence-corrected chi connectivity index (χ1v) is 6.18. The molecule has 1 saturated heterocycles. The van der Waals surface area contributed by atoms with Gasteiger partial charge in [0.2, 0.25) is 5.91 Å². The van der Waals surface area contributed by atoms with Gasteiger partial charge in [-0.25, -0.2) is 0 Å². The zero-order valence-corrected chi connectivity index (χ0v) is 10.7. The Bertz CT molecular complexity index is 419. The second-order valence-corrected chi connectivity index (χ2v) is 4.86. The summed E-state index contributed by atoms with van der Waals surface area (Å²) in [5.74, 6) is -0.0163. The number of hydrogen-bond donors (Lipinski definition) is 1. The van der Waals surface area contributed by atoms with Gasteiger partial charge in [-0.2, -0.15) is 0 Å². The van der Waals surface area contributed by atoms with E-state index in [2.05, 4.69) is 22.9 Å². The van der Waals surface area contributed by atoms with Crippen LogP contribution in [-0.2, 0) is 11.2 Å². The first kappa shape index (κ1) is 11.6. The maximum atomic E-state index is 11.6. The van der Waals surface area contributed by atoms with Gasteiger partial charge in [-0.1, -0.05) is 13.0 Å². The molecule has 2 rings (SSSR count). The van der Waals surface area contributed by atoms with Crippen molar-refractivity contribution in [1.82, 2.24) is 0 Å². The van der Waals surface area contributed by atoms with Crippen molar-refractivity contribution in [2.75, 3.05) is 11.4 Å². The quantitative estimate of drug-likeness (QED) is 0.903. The van der Waals surface area contributed by atoms with E-state index in [0.29, 0.717) is 6.54 Å². The number of β-amino-alcohol motifs (C(OH)–C–C–N with tert-alkyl or cyclic N) is 1. The van der Waals surface area contributed by atoms with Gasteiger partial charge in [0, 0.05) is 4.47 Å². The van der Waals surface area contributed by atoms with E-state index in [0.717, 1.165) is 16.6 Å². The molecule has 0 aromatic heterocycles. The molecule has 1 aliphatic rings. The molecule has 1 fully saturated rings. The third-order valence-corrected chi connectivity index (χ3v) is 3.45. The summed E-state index contributed by atoms with van der Waals surface area (Å²) in [6.07, 6.45) is 0.655. The van der Waals surface area contributed by atoms with Crippen LogP contribution in [0.4, 0.5) is 5.69 Å². The number of amides is 1. The molecule has 0 spiro atoms. The number of aliphatic hydroxyl groups excluding tert-OH is 1. The van der Waals surface area contributed by atoms with E-state index in [1.807, 2.05) is 18.2 Å². The highest BCUT2D eigenvalue weighted by Crippen LogP contribution is 2.30. The molecule has 4 heteroatoms. The first-order valence-electron chi connectivity index (χ1n) is 5.38. The summed E-state index contributed by atoms with van der Waals surface area (Å²) in [6, 6.07) is 5.96. The molecule has 0 bridgehead atoms. The second-order valence-electron chi connectivity index (χ2n) is 4.00. The van der Waals surface area contributed by atoms with Crippen LogP contribution in [0.3, 0.4) is 0 Å². The van der Waals surface area contributed by atoms with Crippen LogP contribution < -0.4 is 4.90 Å². The minimum absolute atomic E-state index is 0.0163.